The third kappa shape index (κ3) is 4.02. The van der Waals surface area contributed by atoms with Gasteiger partial charge in [0.25, 0.3) is 5.91 Å². The molecule has 7 heteroatoms. The van der Waals surface area contributed by atoms with E-state index in [9.17, 15) is 4.79 Å². The molecular formula is C17H17ClN4O2. The highest BCUT2D eigenvalue weighted by atomic mass is 35.5. The summed E-state index contributed by atoms with van der Waals surface area (Å²) in [6.07, 6.45) is 8.68. The molecule has 0 saturated heterocycles. The number of rotatable bonds is 7. The van der Waals surface area contributed by atoms with Gasteiger partial charge in [0.15, 0.2) is 0 Å². The minimum atomic E-state index is -0.191. The zero-order valence-corrected chi connectivity index (χ0v) is 13.7. The molecule has 0 bridgehead atoms. The summed E-state index contributed by atoms with van der Waals surface area (Å²) >= 11 is 5.88. The zero-order valence-electron chi connectivity index (χ0n) is 13.0. The van der Waals surface area contributed by atoms with Crippen molar-refractivity contribution in [2.24, 2.45) is 0 Å². The van der Waals surface area contributed by atoms with Crippen LogP contribution in [0.15, 0.2) is 53.8 Å². The molecule has 2 aromatic heterocycles. The number of aryl methyl sites for hydroxylation is 1. The molecule has 0 unspecified atom stereocenters. The maximum atomic E-state index is 12.3. The predicted molar refractivity (Wildman–Crippen MR) is 90.7 cm³/mol. The van der Waals surface area contributed by atoms with E-state index in [0.717, 1.165) is 24.9 Å². The van der Waals surface area contributed by atoms with Crippen molar-refractivity contribution in [2.45, 2.75) is 19.4 Å². The molecule has 3 aromatic rings. The van der Waals surface area contributed by atoms with Gasteiger partial charge in [0, 0.05) is 36.1 Å². The molecule has 1 aromatic carbocycles. The normalized spacial score (nSPS) is 10.7. The molecule has 3 rings (SSSR count). The van der Waals surface area contributed by atoms with E-state index in [1.165, 1.54) is 6.26 Å². The van der Waals surface area contributed by atoms with Gasteiger partial charge < -0.3 is 14.4 Å². The molecule has 1 N–H and O–H groups in total. The van der Waals surface area contributed by atoms with Crippen LogP contribution in [0.3, 0.4) is 0 Å². The molecule has 0 aliphatic carbocycles. The van der Waals surface area contributed by atoms with Crippen molar-refractivity contribution in [1.29, 1.82) is 0 Å². The summed E-state index contributed by atoms with van der Waals surface area (Å²) in [5.74, 6) is -0.191. The van der Waals surface area contributed by atoms with Crippen molar-refractivity contribution in [1.82, 2.24) is 20.0 Å². The quantitative estimate of drug-likeness (QED) is 0.667. The average Bonchev–Trinajstić information content (AvgIpc) is 3.26. The van der Waals surface area contributed by atoms with Crippen LogP contribution in [0.5, 0.6) is 0 Å². The first-order chi connectivity index (χ1) is 11.7. The number of nitrogens with one attached hydrogen (secondary N) is 1. The average molecular weight is 345 g/mol. The van der Waals surface area contributed by atoms with Crippen LogP contribution >= 0.6 is 11.6 Å². The fourth-order valence-corrected chi connectivity index (χ4v) is 2.48. The number of hydrogen-bond donors (Lipinski definition) is 1. The lowest BCUT2D eigenvalue weighted by Crippen LogP contribution is -2.24. The van der Waals surface area contributed by atoms with Gasteiger partial charge in [0.2, 0.25) is 0 Å². The van der Waals surface area contributed by atoms with Crippen molar-refractivity contribution in [2.75, 3.05) is 6.54 Å². The lowest BCUT2D eigenvalue weighted by molar-refractivity contribution is 0.0953. The van der Waals surface area contributed by atoms with Gasteiger partial charge in [-0.3, -0.25) is 4.79 Å². The molecule has 0 saturated carbocycles. The first-order valence-electron chi connectivity index (χ1n) is 7.68. The third-order valence-corrected chi connectivity index (χ3v) is 3.87. The summed E-state index contributed by atoms with van der Waals surface area (Å²) in [7, 11) is 0. The summed E-state index contributed by atoms with van der Waals surface area (Å²) in [4.78, 5) is 16.3. The minimum absolute atomic E-state index is 0.191. The standard InChI is InChI=1S/C17H17ClN4O2/c18-14-5-3-13(4-6-14)16-15(11-24-21-16)17(23)20-7-1-2-9-22-10-8-19-12-22/h3-6,8,10-12H,1-2,7,9H2,(H,20,23). The van der Waals surface area contributed by atoms with E-state index < -0.39 is 0 Å². The highest BCUT2D eigenvalue weighted by molar-refractivity contribution is 6.30. The van der Waals surface area contributed by atoms with E-state index in [1.807, 2.05) is 22.9 Å². The van der Waals surface area contributed by atoms with E-state index in [2.05, 4.69) is 15.5 Å². The van der Waals surface area contributed by atoms with Crippen molar-refractivity contribution in [3.05, 3.63) is 59.8 Å². The van der Waals surface area contributed by atoms with Crippen molar-refractivity contribution in [3.63, 3.8) is 0 Å². The Morgan fingerprint density at radius 1 is 1.25 bits per heavy atom. The van der Waals surface area contributed by atoms with Crippen LogP contribution in [0.4, 0.5) is 0 Å². The van der Waals surface area contributed by atoms with Crippen molar-refractivity contribution >= 4 is 17.5 Å². The highest BCUT2D eigenvalue weighted by Crippen LogP contribution is 2.23. The van der Waals surface area contributed by atoms with E-state index in [0.29, 0.717) is 22.8 Å². The number of amides is 1. The van der Waals surface area contributed by atoms with Crippen LogP contribution < -0.4 is 5.32 Å². The van der Waals surface area contributed by atoms with Crippen LogP contribution in [0, 0.1) is 0 Å². The van der Waals surface area contributed by atoms with Gasteiger partial charge in [0.05, 0.1) is 6.33 Å². The van der Waals surface area contributed by atoms with Crippen LogP contribution in [0.1, 0.15) is 23.2 Å². The molecule has 0 fully saturated rings. The Balaban J connectivity index is 1.52. The van der Waals surface area contributed by atoms with Crippen LogP contribution in [0.25, 0.3) is 11.3 Å². The SMILES string of the molecule is O=C(NCCCCn1ccnc1)c1conc1-c1ccc(Cl)cc1. The number of carbonyl (C=O) groups excluding carboxylic acids is 1. The van der Waals surface area contributed by atoms with E-state index in [1.54, 1.807) is 24.7 Å². The molecule has 6 nitrogen and oxygen atoms in total. The Labute approximate surface area is 144 Å². The highest BCUT2D eigenvalue weighted by Gasteiger charge is 2.16. The van der Waals surface area contributed by atoms with E-state index in [4.69, 9.17) is 16.1 Å². The van der Waals surface area contributed by atoms with Crippen LogP contribution in [0.2, 0.25) is 5.02 Å². The first-order valence-corrected chi connectivity index (χ1v) is 8.06. The molecule has 0 spiro atoms. The second-order valence-corrected chi connectivity index (χ2v) is 5.78. The Hall–Kier alpha value is -2.60. The maximum Gasteiger partial charge on any atom is 0.256 e. The lowest BCUT2D eigenvalue weighted by Gasteiger charge is -2.05. The summed E-state index contributed by atoms with van der Waals surface area (Å²) in [6.45, 7) is 1.48. The number of hydrogen-bond acceptors (Lipinski definition) is 4. The van der Waals surface area contributed by atoms with Crippen molar-refractivity contribution in [3.8, 4) is 11.3 Å². The minimum Gasteiger partial charge on any atom is -0.363 e. The lowest BCUT2D eigenvalue weighted by atomic mass is 10.1. The second kappa shape index (κ2) is 7.79. The van der Waals surface area contributed by atoms with Gasteiger partial charge >= 0.3 is 0 Å². The third-order valence-electron chi connectivity index (χ3n) is 3.62. The van der Waals surface area contributed by atoms with Gasteiger partial charge in [-0.15, -0.1) is 0 Å². The van der Waals surface area contributed by atoms with E-state index in [-0.39, 0.29) is 5.91 Å². The summed E-state index contributed by atoms with van der Waals surface area (Å²) in [5, 5.41) is 7.45. The van der Waals surface area contributed by atoms with E-state index >= 15 is 0 Å². The monoisotopic (exact) mass is 344 g/mol. The number of halogens is 1. The fraction of sp³-hybridized carbons (Fsp3) is 0.235. The summed E-state index contributed by atoms with van der Waals surface area (Å²) in [5.41, 5.74) is 1.73. The number of nitrogens with zero attached hydrogens (tertiary/aromatic N) is 3. The molecule has 0 aliphatic heterocycles. The van der Waals surface area contributed by atoms with Crippen molar-refractivity contribution < 1.29 is 9.32 Å². The molecule has 124 valence electrons. The Kier molecular flexibility index (Phi) is 5.28. The number of aromatic nitrogens is 3. The Morgan fingerprint density at radius 3 is 2.83 bits per heavy atom. The van der Waals surface area contributed by atoms with Gasteiger partial charge in [-0.25, -0.2) is 4.98 Å². The molecule has 24 heavy (non-hydrogen) atoms. The second-order valence-electron chi connectivity index (χ2n) is 5.35. The summed E-state index contributed by atoms with van der Waals surface area (Å²) < 4.78 is 6.99. The number of carbonyl (C=O) groups is 1. The number of imidazole rings is 1. The smallest absolute Gasteiger partial charge is 0.256 e. The van der Waals surface area contributed by atoms with Gasteiger partial charge in [0.1, 0.15) is 17.5 Å². The Bertz CT molecular complexity index is 781. The molecule has 0 aliphatic rings. The molecule has 0 atom stereocenters. The largest absolute Gasteiger partial charge is 0.363 e. The van der Waals surface area contributed by atoms with Gasteiger partial charge in [-0.1, -0.05) is 28.9 Å². The number of benzene rings is 1. The maximum absolute atomic E-state index is 12.3. The first kappa shape index (κ1) is 16.3. The number of unbranched alkanes of at least 4 members (excludes halogenated alkanes) is 1. The molecule has 0 radical (unpaired) electrons. The molecule has 2 heterocycles. The van der Waals surface area contributed by atoms with Crippen LogP contribution in [-0.2, 0) is 6.54 Å². The van der Waals surface area contributed by atoms with Gasteiger partial charge in [-0.2, -0.15) is 0 Å². The Morgan fingerprint density at radius 2 is 2.08 bits per heavy atom. The molecule has 1 amide bonds. The topological polar surface area (TPSA) is 73.0 Å². The van der Waals surface area contributed by atoms with Gasteiger partial charge in [-0.05, 0) is 25.0 Å². The molecular weight excluding hydrogens is 328 g/mol. The fourth-order valence-electron chi connectivity index (χ4n) is 2.35. The van der Waals surface area contributed by atoms with Crippen LogP contribution in [-0.4, -0.2) is 27.2 Å². The zero-order chi connectivity index (χ0) is 16.8. The predicted octanol–water partition coefficient (Wildman–Crippen LogP) is 3.40. The summed E-state index contributed by atoms with van der Waals surface area (Å²) in [6, 6.07) is 7.12.